The van der Waals surface area contributed by atoms with Crippen LogP contribution in [0.1, 0.15) is 155 Å². The van der Waals surface area contributed by atoms with Gasteiger partial charge in [-0.2, -0.15) is 0 Å². The third kappa shape index (κ3) is 44.6. The average molecular weight is 819 g/mol. The van der Waals surface area contributed by atoms with Crippen LogP contribution in [0.25, 0.3) is 0 Å². The maximum atomic E-state index is 12.7. The molecule has 0 spiro atoms. The van der Waals surface area contributed by atoms with Gasteiger partial charge in [0.2, 0.25) is 0 Å². The minimum absolute atomic E-state index is 0.0742. The number of carbonyl (C=O) groups is 1. The van der Waals surface area contributed by atoms with Gasteiger partial charge in [-0.25, -0.2) is 4.57 Å². The number of phosphoric ester groups is 1. The minimum Gasteiger partial charge on any atom is -0.457 e. The number of esters is 1. The van der Waals surface area contributed by atoms with Crippen molar-refractivity contribution in [1.82, 2.24) is 0 Å². The highest BCUT2D eigenvalue weighted by atomic mass is 31.2. The Kier molecular flexibility index (Phi) is 38.8. The van der Waals surface area contributed by atoms with Crippen LogP contribution in [0.2, 0.25) is 0 Å². The maximum absolute atomic E-state index is 12.7. The van der Waals surface area contributed by atoms with Crippen LogP contribution in [0.3, 0.4) is 0 Å². The first kappa shape index (κ1) is 54.7. The summed E-state index contributed by atoms with van der Waals surface area (Å²) in [6, 6.07) is 0. The van der Waals surface area contributed by atoms with Crippen molar-refractivity contribution in [3.8, 4) is 0 Å². The molecule has 328 valence electrons. The second-order valence-corrected chi connectivity index (χ2v) is 17.1. The third-order valence-electron chi connectivity index (χ3n) is 8.94. The van der Waals surface area contributed by atoms with Crippen LogP contribution in [0, 0.1) is 0 Å². The zero-order valence-corrected chi connectivity index (χ0v) is 37.9. The van der Waals surface area contributed by atoms with Gasteiger partial charge in [-0.05, 0) is 89.9 Å². The Labute approximate surface area is 350 Å². The Morgan fingerprint density at radius 1 is 0.561 bits per heavy atom. The Balaban J connectivity index is 4.35. The summed E-state index contributed by atoms with van der Waals surface area (Å²) < 4.78 is 34.9. The lowest BCUT2D eigenvalue weighted by molar-refractivity contribution is -0.870. The molecule has 57 heavy (non-hydrogen) atoms. The van der Waals surface area contributed by atoms with Gasteiger partial charge in [-0.15, -0.1) is 0 Å². The molecular formula is C48H85NO7P+. The summed E-state index contributed by atoms with van der Waals surface area (Å²) in [5.41, 5.74) is 0. The van der Waals surface area contributed by atoms with Crippen molar-refractivity contribution in [2.75, 3.05) is 54.1 Å². The first-order valence-corrected chi connectivity index (χ1v) is 23.8. The van der Waals surface area contributed by atoms with E-state index in [1.165, 1.54) is 64.2 Å². The lowest BCUT2D eigenvalue weighted by atomic mass is 10.1. The van der Waals surface area contributed by atoms with E-state index < -0.39 is 13.9 Å². The van der Waals surface area contributed by atoms with Crippen molar-refractivity contribution in [3.63, 3.8) is 0 Å². The molecule has 0 aromatic heterocycles. The first-order valence-electron chi connectivity index (χ1n) is 22.3. The molecule has 9 heteroatoms. The predicted octanol–water partition coefficient (Wildman–Crippen LogP) is 13.3. The van der Waals surface area contributed by atoms with Gasteiger partial charge in [0.25, 0.3) is 0 Å². The van der Waals surface area contributed by atoms with Crippen molar-refractivity contribution in [3.05, 3.63) is 85.1 Å². The Bertz CT molecular complexity index is 1180. The second kappa shape index (κ2) is 40.5. The van der Waals surface area contributed by atoms with E-state index >= 15 is 0 Å². The molecule has 0 saturated carbocycles. The number of hydrogen-bond acceptors (Lipinski definition) is 6. The standard InChI is InChI=1S/C48H84NO7P/c1-6-8-10-12-14-16-18-20-22-23-24-25-26-27-28-29-31-33-35-37-39-41-48(50)56-47(46-55-57(51,52)54-44-42-49(3,4)5)45-53-43-40-38-36-34-32-30-21-19-17-15-13-11-9-7-2/h8,10,14,16-17,19-20,22,24-25,27-28,31,33,47H,6-7,9,11-13,15,18,21,23,26,29-30,32,34-46H2,1-5H3/p+1/b10-8-,16-14-,19-17-,22-20-,25-24-,28-27-,33-31-. The summed E-state index contributed by atoms with van der Waals surface area (Å²) >= 11 is 0. The maximum Gasteiger partial charge on any atom is 0.472 e. The van der Waals surface area contributed by atoms with E-state index in [1.54, 1.807) is 0 Å². The molecule has 1 N–H and O–H groups in total. The second-order valence-electron chi connectivity index (χ2n) is 15.7. The van der Waals surface area contributed by atoms with Gasteiger partial charge in [0.05, 0.1) is 34.4 Å². The molecule has 0 radical (unpaired) electrons. The van der Waals surface area contributed by atoms with Crippen LogP contribution in [-0.2, 0) is 27.9 Å². The van der Waals surface area contributed by atoms with E-state index in [2.05, 4.69) is 98.9 Å². The first-order chi connectivity index (χ1) is 27.6. The topological polar surface area (TPSA) is 91.3 Å². The van der Waals surface area contributed by atoms with Gasteiger partial charge in [0.1, 0.15) is 19.3 Å². The number of nitrogens with zero attached hydrogens (tertiary/aromatic N) is 1. The number of allylic oxidation sites excluding steroid dienone is 14. The summed E-state index contributed by atoms with van der Waals surface area (Å²) in [5, 5.41) is 0. The molecule has 0 heterocycles. The van der Waals surface area contributed by atoms with E-state index in [0.717, 1.165) is 64.2 Å². The molecule has 2 atom stereocenters. The van der Waals surface area contributed by atoms with E-state index in [4.69, 9.17) is 18.5 Å². The van der Waals surface area contributed by atoms with Gasteiger partial charge in [-0.3, -0.25) is 13.8 Å². The SMILES string of the molecule is CC/C=C\C/C=C\C/C=C\C/C=C\C/C=C\C/C=C\CCCCC(=O)OC(COCCCCCCCC/C=C\CCCCCC)COP(=O)(O)OCC[N+](C)(C)C. The summed E-state index contributed by atoms with van der Waals surface area (Å²) in [4.78, 5) is 22.9. The number of hydrogen-bond donors (Lipinski definition) is 1. The summed E-state index contributed by atoms with van der Waals surface area (Å²) in [7, 11) is 1.62. The van der Waals surface area contributed by atoms with Gasteiger partial charge in [0, 0.05) is 13.0 Å². The van der Waals surface area contributed by atoms with Crippen molar-refractivity contribution < 1.29 is 37.3 Å². The zero-order chi connectivity index (χ0) is 42.0. The minimum atomic E-state index is -4.29. The van der Waals surface area contributed by atoms with Crippen LogP contribution >= 0.6 is 7.82 Å². The summed E-state index contributed by atoms with van der Waals surface area (Å²) in [5.74, 6) is -0.361. The van der Waals surface area contributed by atoms with Crippen molar-refractivity contribution >= 4 is 13.8 Å². The number of ether oxygens (including phenoxy) is 2. The molecule has 0 aliphatic rings. The number of likely N-dealkylation sites (N-methyl/N-ethyl adjacent to an activating group) is 1. The smallest absolute Gasteiger partial charge is 0.457 e. The number of carbonyl (C=O) groups excluding carboxylic acids is 1. The van der Waals surface area contributed by atoms with E-state index in [1.807, 2.05) is 21.1 Å². The molecule has 0 aromatic rings. The van der Waals surface area contributed by atoms with Crippen molar-refractivity contribution in [2.24, 2.45) is 0 Å². The third-order valence-corrected chi connectivity index (χ3v) is 9.92. The number of rotatable bonds is 40. The quantitative estimate of drug-likeness (QED) is 0.0216. The van der Waals surface area contributed by atoms with Crippen LogP contribution < -0.4 is 0 Å². The monoisotopic (exact) mass is 819 g/mol. The highest BCUT2D eigenvalue weighted by molar-refractivity contribution is 7.47. The fourth-order valence-electron chi connectivity index (χ4n) is 5.49. The summed E-state index contributed by atoms with van der Waals surface area (Å²) in [6.07, 6.45) is 53.3. The number of quaternary nitrogens is 1. The molecule has 2 unspecified atom stereocenters. The van der Waals surface area contributed by atoms with Gasteiger partial charge >= 0.3 is 13.8 Å². The molecule has 0 rings (SSSR count). The fourth-order valence-corrected chi connectivity index (χ4v) is 6.23. The van der Waals surface area contributed by atoms with E-state index in [9.17, 15) is 14.3 Å². The molecule has 0 aromatic carbocycles. The van der Waals surface area contributed by atoms with Gasteiger partial charge in [-0.1, -0.05) is 144 Å². The Morgan fingerprint density at radius 3 is 1.54 bits per heavy atom. The van der Waals surface area contributed by atoms with E-state index in [-0.39, 0.29) is 32.2 Å². The molecule has 0 aliphatic heterocycles. The molecule has 0 amide bonds. The molecule has 0 saturated heterocycles. The van der Waals surface area contributed by atoms with Crippen molar-refractivity contribution in [2.45, 2.75) is 161 Å². The fraction of sp³-hybridized carbons (Fsp3) is 0.688. The van der Waals surface area contributed by atoms with Crippen LogP contribution in [0.15, 0.2) is 85.1 Å². The normalized spacial score (nSPS) is 14.6. The average Bonchev–Trinajstić information content (AvgIpc) is 3.16. The highest BCUT2D eigenvalue weighted by Gasteiger charge is 2.26. The number of unbranched alkanes of at least 4 members (excludes halogenated alkanes) is 12. The Hall–Kier alpha value is -2.32. The predicted molar refractivity (Wildman–Crippen MR) is 242 cm³/mol. The summed E-state index contributed by atoms with van der Waals surface area (Å²) in [6.45, 7) is 5.40. The highest BCUT2D eigenvalue weighted by Crippen LogP contribution is 2.43. The zero-order valence-electron chi connectivity index (χ0n) is 37.0. The Morgan fingerprint density at radius 2 is 1.02 bits per heavy atom. The molecule has 0 aliphatic carbocycles. The van der Waals surface area contributed by atoms with Crippen molar-refractivity contribution in [1.29, 1.82) is 0 Å². The lowest BCUT2D eigenvalue weighted by Crippen LogP contribution is -2.37. The number of phosphoric acid groups is 1. The van der Waals surface area contributed by atoms with Crippen LogP contribution in [-0.4, -0.2) is 75.6 Å². The van der Waals surface area contributed by atoms with Gasteiger partial charge in [0.15, 0.2) is 0 Å². The van der Waals surface area contributed by atoms with E-state index in [0.29, 0.717) is 24.1 Å². The lowest BCUT2D eigenvalue weighted by Gasteiger charge is -2.24. The largest absolute Gasteiger partial charge is 0.472 e. The van der Waals surface area contributed by atoms with Crippen LogP contribution in [0.4, 0.5) is 0 Å². The molecular weight excluding hydrogens is 734 g/mol. The molecule has 0 bridgehead atoms. The van der Waals surface area contributed by atoms with Gasteiger partial charge < -0.3 is 18.9 Å². The molecule has 8 nitrogen and oxygen atoms in total. The van der Waals surface area contributed by atoms with Crippen LogP contribution in [0.5, 0.6) is 0 Å². The molecule has 0 fully saturated rings.